The predicted molar refractivity (Wildman–Crippen MR) is 103 cm³/mol. The summed E-state index contributed by atoms with van der Waals surface area (Å²) in [4.78, 5) is 27.2. The van der Waals surface area contributed by atoms with Gasteiger partial charge in [-0.05, 0) is 44.4 Å². The van der Waals surface area contributed by atoms with Gasteiger partial charge in [-0.3, -0.25) is 9.59 Å². The highest BCUT2D eigenvalue weighted by Gasteiger charge is 2.36. The van der Waals surface area contributed by atoms with Crippen molar-refractivity contribution in [1.29, 1.82) is 0 Å². The van der Waals surface area contributed by atoms with Crippen molar-refractivity contribution in [2.75, 3.05) is 6.54 Å². The van der Waals surface area contributed by atoms with Gasteiger partial charge in [0, 0.05) is 28.0 Å². The van der Waals surface area contributed by atoms with Gasteiger partial charge in [-0.2, -0.15) is 0 Å². The lowest BCUT2D eigenvalue weighted by molar-refractivity contribution is -0.127. The molecular weight excluding hydrogens is 391 g/mol. The van der Waals surface area contributed by atoms with Crippen molar-refractivity contribution in [3.63, 3.8) is 0 Å². The van der Waals surface area contributed by atoms with Crippen molar-refractivity contribution in [3.05, 3.63) is 58.3 Å². The van der Waals surface area contributed by atoms with E-state index in [2.05, 4.69) is 21.5 Å². The first-order valence-electron chi connectivity index (χ1n) is 8.10. The molecule has 0 aliphatic carbocycles. The van der Waals surface area contributed by atoms with Crippen LogP contribution < -0.4 is 5.32 Å². The molecule has 27 heavy (non-hydrogen) atoms. The van der Waals surface area contributed by atoms with Crippen LogP contribution in [0, 0.1) is 5.82 Å². The Morgan fingerprint density at radius 3 is 2.67 bits per heavy atom. The van der Waals surface area contributed by atoms with Gasteiger partial charge in [0.2, 0.25) is 5.91 Å². The Kier molecular flexibility index (Phi) is 6.67. The second-order valence-corrected chi connectivity index (χ2v) is 7.83. The quantitative estimate of drug-likeness (QED) is 0.738. The second kappa shape index (κ2) is 8.58. The molecule has 0 aliphatic heterocycles. The molecule has 6 nitrogen and oxygen atoms in total. The molecular formula is C18H20ClFN4O2S. The van der Waals surface area contributed by atoms with Crippen LogP contribution in [0.2, 0.25) is 5.02 Å². The summed E-state index contributed by atoms with van der Waals surface area (Å²) < 4.78 is 18.3. The highest BCUT2D eigenvalue weighted by atomic mass is 35.5. The van der Waals surface area contributed by atoms with Crippen LogP contribution >= 0.6 is 23.1 Å². The molecule has 1 aromatic carbocycles. The molecule has 1 N–H and O–H groups in total. The van der Waals surface area contributed by atoms with Gasteiger partial charge in [0.05, 0.1) is 0 Å². The zero-order valence-electron chi connectivity index (χ0n) is 15.2. The maximum Gasteiger partial charge on any atom is 0.276 e. The largest absolute Gasteiger partial charge is 0.349 e. The van der Waals surface area contributed by atoms with Gasteiger partial charge in [-0.15, -0.1) is 11.7 Å². The fraction of sp³-hybridized carbons (Fsp3) is 0.333. The van der Waals surface area contributed by atoms with Crippen molar-refractivity contribution in [1.82, 2.24) is 19.8 Å². The van der Waals surface area contributed by atoms with E-state index in [1.807, 2.05) is 0 Å². The third-order valence-electron chi connectivity index (χ3n) is 3.50. The number of hydrogen-bond donors (Lipinski definition) is 1. The van der Waals surface area contributed by atoms with Crippen molar-refractivity contribution < 1.29 is 14.0 Å². The van der Waals surface area contributed by atoms with E-state index in [-0.39, 0.29) is 22.8 Å². The first-order valence-corrected chi connectivity index (χ1v) is 9.32. The first-order chi connectivity index (χ1) is 12.7. The first kappa shape index (κ1) is 21.0. The van der Waals surface area contributed by atoms with E-state index in [1.54, 1.807) is 20.8 Å². The standard InChI is InChI=1S/C18H20ClFN4O2S/c1-5-9-24(17(26)13-10-27-23-22-13)15(16(25)21-18(2,3)4)14-11(19)7-6-8-12(14)20/h5-8,10,15H,1,9H2,2-4H3,(H,21,25). The molecule has 0 bridgehead atoms. The molecule has 2 aromatic rings. The van der Waals surface area contributed by atoms with Crippen LogP contribution in [0.1, 0.15) is 42.9 Å². The topological polar surface area (TPSA) is 75.2 Å². The number of amides is 2. The Bertz CT molecular complexity index is 816. The molecule has 0 saturated heterocycles. The zero-order chi connectivity index (χ0) is 20.2. The molecule has 0 fully saturated rings. The van der Waals surface area contributed by atoms with Crippen molar-refractivity contribution in [2.45, 2.75) is 32.4 Å². The van der Waals surface area contributed by atoms with Gasteiger partial charge >= 0.3 is 0 Å². The summed E-state index contributed by atoms with van der Waals surface area (Å²) in [5.41, 5.74) is -0.625. The molecule has 0 saturated carbocycles. The highest BCUT2D eigenvalue weighted by molar-refractivity contribution is 7.03. The van der Waals surface area contributed by atoms with Crippen LogP contribution in [0.15, 0.2) is 36.2 Å². The second-order valence-electron chi connectivity index (χ2n) is 6.81. The van der Waals surface area contributed by atoms with Gasteiger partial charge in [0.25, 0.3) is 5.91 Å². The lowest BCUT2D eigenvalue weighted by atomic mass is 10.0. The van der Waals surface area contributed by atoms with Crippen LogP contribution in [0.3, 0.4) is 0 Å². The van der Waals surface area contributed by atoms with E-state index < -0.39 is 29.2 Å². The third kappa shape index (κ3) is 5.11. The Morgan fingerprint density at radius 2 is 2.15 bits per heavy atom. The van der Waals surface area contributed by atoms with Gasteiger partial charge in [-0.25, -0.2) is 4.39 Å². The normalized spacial score (nSPS) is 12.3. The summed E-state index contributed by atoms with van der Waals surface area (Å²) in [7, 11) is 0. The van der Waals surface area contributed by atoms with Crippen molar-refractivity contribution in [2.24, 2.45) is 0 Å². The minimum Gasteiger partial charge on any atom is -0.349 e. The van der Waals surface area contributed by atoms with E-state index in [4.69, 9.17) is 11.6 Å². The van der Waals surface area contributed by atoms with Gasteiger partial charge in [-0.1, -0.05) is 28.2 Å². The Labute approximate surface area is 166 Å². The average Bonchev–Trinajstić information content (AvgIpc) is 3.09. The number of nitrogens with one attached hydrogen (secondary N) is 1. The molecule has 2 rings (SSSR count). The van der Waals surface area contributed by atoms with E-state index >= 15 is 0 Å². The maximum atomic E-state index is 14.6. The Hall–Kier alpha value is -2.32. The van der Waals surface area contributed by atoms with E-state index in [0.29, 0.717) is 0 Å². The number of hydrogen-bond acceptors (Lipinski definition) is 5. The van der Waals surface area contributed by atoms with Gasteiger partial charge in [0.15, 0.2) is 5.69 Å². The van der Waals surface area contributed by atoms with E-state index in [0.717, 1.165) is 11.5 Å². The smallest absolute Gasteiger partial charge is 0.276 e. The third-order valence-corrected chi connectivity index (χ3v) is 4.33. The summed E-state index contributed by atoms with van der Waals surface area (Å²) in [6, 6.07) is 2.80. The summed E-state index contributed by atoms with van der Waals surface area (Å²) in [6.07, 6.45) is 1.45. The summed E-state index contributed by atoms with van der Waals surface area (Å²) in [5.74, 6) is -1.82. The number of carbonyl (C=O) groups is 2. The lowest BCUT2D eigenvalue weighted by Gasteiger charge is -2.33. The molecule has 0 aliphatic rings. The van der Waals surface area contributed by atoms with Crippen LogP contribution in [-0.4, -0.2) is 38.4 Å². The monoisotopic (exact) mass is 410 g/mol. The average molecular weight is 411 g/mol. The Balaban J connectivity index is 2.59. The molecule has 1 aromatic heterocycles. The fourth-order valence-electron chi connectivity index (χ4n) is 2.49. The van der Waals surface area contributed by atoms with E-state index in [1.165, 1.54) is 34.6 Å². The van der Waals surface area contributed by atoms with Crippen molar-refractivity contribution in [3.8, 4) is 0 Å². The molecule has 0 radical (unpaired) electrons. The van der Waals surface area contributed by atoms with Crippen LogP contribution in [0.4, 0.5) is 4.39 Å². The number of aromatic nitrogens is 2. The van der Waals surface area contributed by atoms with Crippen LogP contribution in [-0.2, 0) is 4.79 Å². The van der Waals surface area contributed by atoms with Crippen molar-refractivity contribution >= 4 is 34.9 Å². The molecule has 144 valence electrons. The lowest BCUT2D eigenvalue weighted by Crippen LogP contribution is -2.49. The highest BCUT2D eigenvalue weighted by Crippen LogP contribution is 2.32. The molecule has 1 heterocycles. The molecule has 0 spiro atoms. The summed E-state index contributed by atoms with van der Waals surface area (Å²) >= 11 is 7.20. The minimum atomic E-state index is -1.30. The molecule has 9 heteroatoms. The maximum absolute atomic E-state index is 14.6. The molecule has 1 unspecified atom stereocenters. The predicted octanol–water partition coefficient (Wildman–Crippen LogP) is 3.61. The molecule has 2 amide bonds. The number of carbonyl (C=O) groups excluding carboxylic acids is 2. The van der Waals surface area contributed by atoms with Gasteiger partial charge in [0.1, 0.15) is 11.9 Å². The Morgan fingerprint density at radius 1 is 1.44 bits per heavy atom. The number of benzene rings is 1. The SMILES string of the molecule is C=CCN(C(=O)c1csnn1)C(C(=O)NC(C)(C)C)c1c(F)cccc1Cl. The molecule has 1 atom stereocenters. The zero-order valence-corrected chi connectivity index (χ0v) is 16.8. The summed E-state index contributed by atoms with van der Waals surface area (Å²) in [5, 5.41) is 8.05. The number of rotatable bonds is 6. The van der Waals surface area contributed by atoms with Crippen LogP contribution in [0.25, 0.3) is 0 Å². The number of nitrogens with zero attached hydrogens (tertiary/aromatic N) is 3. The van der Waals surface area contributed by atoms with Crippen LogP contribution in [0.5, 0.6) is 0 Å². The minimum absolute atomic E-state index is 0.0107. The number of halogens is 2. The van der Waals surface area contributed by atoms with E-state index in [9.17, 15) is 14.0 Å². The summed E-state index contributed by atoms with van der Waals surface area (Å²) in [6.45, 7) is 8.98. The fourth-order valence-corrected chi connectivity index (χ4v) is 3.18. The van der Waals surface area contributed by atoms with Gasteiger partial charge < -0.3 is 10.2 Å².